The molecular weight excluding hydrogens is 382 g/mol. The van der Waals surface area contributed by atoms with E-state index in [4.69, 9.17) is 10.5 Å². The van der Waals surface area contributed by atoms with Gasteiger partial charge in [0.2, 0.25) is 11.9 Å². The Labute approximate surface area is 175 Å². The first-order chi connectivity index (χ1) is 14.3. The molecule has 1 aliphatic carbocycles. The van der Waals surface area contributed by atoms with Crippen molar-refractivity contribution in [3.8, 4) is 5.75 Å². The van der Waals surface area contributed by atoms with Gasteiger partial charge in [-0.3, -0.25) is 9.59 Å². The van der Waals surface area contributed by atoms with Crippen LogP contribution in [-0.4, -0.2) is 34.9 Å². The van der Waals surface area contributed by atoms with Crippen LogP contribution in [0.4, 0.5) is 11.6 Å². The number of nitrogens with one attached hydrogen (secondary N) is 1. The number of hydrogen-bond acceptors (Lipinski definition) is 6. The molecule has 2 heterocycles. The fraction of sp³-hybridized carbons (Fsp3) is 0.455. The predicted octanol–water partition coefficient (Wildman–Crippen LogP) is 2.83. The van der Waals surface area contributed by atoms with Crippen molar-refractivity contribution in [1.29, 1.82) is 0 Å². The third-order valence-corrected chi connectivity index (χ3v) is 6.10. The van der Waals surface area contributed by atoms with Crippen molar-refractivity contribution in [3.63, 3.8) is 0 Å². The van der Waals surface area contributed by atoms with Crippen LogP contribution in [0.3, 0.4) is 0 Å². The summed E-state index contributed by atoms with van der Waals surface area (Å²) in [6.45, 7) is 5.62. The van der Waals surface area contributed by atoms with Gasteiger partial charge in [-0.05, 0) is 43.4 Å². The molecule has 0 saturated heterocycles. The number of carbonyl (C=O) groups is 2. The summed E-state index contributed by atoms with van der Waals surface area (Å²) in [4.78, 5) is 35.5. The lowest BCUT2D eigenvalue weighted by atomic mass is 9.79. The Balaban J connectivity index is 1.89. The van der Waals surface area contributed by atoms with E-state index in [2.05, 4.69) is 22.2 Å². The fourth-order valence-electron chi connectivity index (χ4n) is 4.61. The second kappa shape index (κ2) is 7.59. The number of carbonyl (C=O) groups excluding carboxylic acids is 2. The number of ether oxygens (including phenoxy) is 1. The lowest BCUT2D eigenvalue weighted by molar-refractivity contribution is -0.117. The van der Waals surface area contributed by atoms with Gasteiger partial charge in [0.1, 0.15) is 5.75 Å². The minimum Gasteiger partial charge on any atom is -0.496 e. The molecule has 0 spiro atoms. The number of anilines is 2. The van der Waals surface area contributed by atoms with E-state index in [1.165, 1.54) is 7.11 Å². The molecule has 1 aliphatic heterocycles. The van der Waals surface area contributed by atoms with Gasteiger partial charge in [-0.25, -0.2) is 9.97 Å². The number of methoxy groups -OCH3 is 1. The lowest BCUT2D eigenvalue weighted by Crippen LogP contribution is -2.51. The molecule has 1 aromatic heterocycles. The highest BCUT2D eigenvalue weighted by molar-refractivity contribution is 5.99. The van der Waals surface area contributed by atoms with E-state index in [-0.39, 0.29) is 29.5 Å². The number of primary amides is 1. The summed E-state index contributed by atoms with van der Waals surface area (Å²) in [6, 6.07) is 5.18. The largest absolute Gasteiger partial charge is 0.496 e. The molecule has 3 N–H and O–H groups in total. The topological polar surface area (TPSA) is 110 Å². The molecule has 1 unspecified atom stereocenters. The van der Waals surface area contributed by atoms with Crippen molar-refractivity contribution in [3.05, 3.63) is 41.2 Å². The number of aromatic nitrogens is 2. The zero-order valence-electron chi connectivity index (χ0n) is 17.7. The highest BCUT2D eigenvalue weighted by Crippen LogP contribution is 2.51. The van der Waals surface area contributed by atoms with E-state index in [1.807, 2.05) is 17.9 Å². The average molecular weight is 409 g/mol. The smallest absolute Gasteiger partial charge is 0.252 e. The van der Waals surface area contributed by atoms with Crippen molar-refractivity contribution in [2.24, 2.45) is 17.6 Å². The summed E-state index contributed by atoms with van der Waals surface area (Å²) in [5.74, 6) is 0.793. The van der Waals surface area contributed by atoms with Crippen molar-refractivity contribution in [2.75, 3.05) is 17.3 Å². The Kier molecular flexibility index (Phi) is 5.09. The average Bonchev–Trinajstić information content (AvgIpc) is 3.53. The number of benzene rings is 1. The molecule has 0 radical (unpaired) electrons. The van der Waals surface area contributed by atoms with Gasteiger partial charge in [-0.2, -0.15) is 0 Å². The summed E-state index contributed by atoms with van der Waals surface area (Å²) in [5, 5.41) is 3.45. The molecule has 1 saturated carbocycles. The zero-order valence-corrected chi connectivity index (χ0v) is 17.7. The summed E-state index contributed by atoms with van der Waals surface area (Å²) < 4.78 is 5.42. The van der Waals surface area contributed by atoms with Gasteiger partial charge in [-0.1, -0.05) is 6.92 Å². The third kappa shape index (κ3) is 3.46. The van der Waals surface area contributed by atoms with Crippen LogP contribution >= 0.6 is 0 Å². The van der Waals surface area contributed by atoms with Gasteiger partial charge in [0.15, 0.2) is 0 Å². The Morgan fingerprint density at radius 1 is 1.30 bits per heavy atom. The number of amides is 2. The van der Waals surface area contributed by atoms with Gasteiger partial charge < -0.3 is 20.7 Å². The minimum atomic E-state index is -0.577. The molecule has 8 nitrogen and oxygen atoms in total. The number of hydrogen-bond donors (Lipinski definition) is 2. The first-order valence-corrected chi connectivity index (χ1v) is 10.2. The molecule has 4 rings (SSSR count). The van der Waals surface area contributed by atoms with Crippen LogP contribution < -0.4 is 20.7 Å². The normalized spacial score (nSPS) is 22.9. The molecular formula is C22H27N5O3. The molecule has 30 heavy (non-hydrogen) atoms. The standard InChI is InChI=1S/C22H27N5O3/c1-11-7-8-24-22(25-11)26-19-12(2)20(14-5-6-14)27(13(3)28)17-10-18(30-4)16(21(23)29)9-15(17)19/h7-10,12,14,19-20H,5-6H2,1-4H3,(H2,23,29)(H,24,25,26)/t12-,19?,20-/m1/s1. The molecule has 2 amide bonds. The van der Waals surface area contributed by atoms with Crippen LogP contribution in [0, 0.1) is 18.8 Å². The lowest BCUT2D eigenvalue weighted by Gasteiger charge is -2.46. The quantitative estimate of drug-likeness (QED) is 0.786. The van der Waals surface area contributed by atoms with Crippen LogP contribution in [0.5, 0.6) is 5.75 Å². The Morgan fingerprint density at radius 3 is 2.60 bits per heavy atom. The molecule has 1 fully saturated rings. The summed E-state index contributed by atoms with van der Waals surface area (Å²) >= 11 is 0. The van der Waals surface area contributed by atoms with E-state index in [9.17, 15) is 9.59 Å². The SMILES string of the molecule is COc1cc2c(cc1C(N)=O)C(Nc1nccc(C)n1)[C@@H](C)[C@H](C1CC1)N2C(C)=O. The van der Waals surface area contributed by atoms with E-state index in [1.54, 1.807) is 25.3 Å². The molecule has 2 aliphatic rings. The number of nitrogens with two attached hydrogens (primary N) is 1. The van der Waals surface area contributed by atoms with E-state index in [0.717, 1.165) is 29.8 Å². The zero-order chi connectivity index (χ0) is 21.6. The van der Waals surface area contributed by atoms with Crippen LogP contribution in [0.2, 0.25) is 0 Å². The van der Waals surface area contributed by atoms with Gasteiger partial charge in [0.05, 0.1) is 24.4 Å². The van der Waals surface area contributed by atoms with Gasteiger partial charge in [-0.15, -0.1) is 0 Å². The van der Waals surface area contributed by atoms with Crippen LogP contribution in [0.15, 0.2) is 24.4 Å². The molecule has 158 valence electrons. The highest BCUT2D eigenvalue weighted by atomic mass is 16.5. The minimum absolute atomic E-state index is 0.0286. The third-order valence-electron chi connectivity index (χ3n) is 6.10. The summed E-state index contributed by atoms with van der Waals surface area (Å²) in [5.41, 5.74) is 8.31. The molecule has 3 atom stereocenters. The summed E-state index contributed by atoms with van der Waals surface area (Å²) in [7, 11) is 1.49. The first-order valence-electron chi connectivity index (χ1n) is 10.2. The number of aryl methyl sites for hydroxylation is 1. The van der Waals surface area contributed by atoms with Crippen molar-refractivity contribution in [2.45, 2.75) is 45.7 Å². The van der Waals surface area contributed by atoms with Crippen molar-refractivity contribution >= 4 is 23.5 Å². The van der Waals surface area contributed by atoms with E-state index >= 15 is 0 Å². The van der Waals surface area contributed by atoms with E-state index in [0.29, 0.717) is 17.6 Å². The maximum absolute atomic E-state index is 12.7. The second-order valence-corrected chi connectivity index (χ2v) is 8.20. The molecule has 0 bridgehead atoms. The van der Waals surface area contributed by atoms with Crippen molar-refractivity contribution in [1.82, 2.24) is 9.97 Å². The van der Waals surface area contributed by atoms with Crippen LogP contribution in [0.1, 0.15) is 54.3 Å². The monoisotopic (exact) mass is 409 g/mol. The Hall–Kier alpha value is -3.16. The molecule has 2 aromatic rings. The van der Waals surface area contributed by atoms with Gasteiger partial charge in [0, 0.05) is 36.8 Å². The summed E-state index contributed by atoms with van der Waals surface area (Å²) in [6.07, 6.45) is 3.90. The van der Waals surface area contributed by atoms with Crippen LogP contribution in [-0.2, 0) is 4.79 Å². The van der Waals surface area contributed by atoms with Gasteiger partial charge in [0.25, 0.3) is 5.91 Å². The Bertz CT molecular complexity index is 1000. The maximum atomic E-state index is 12.7. The molecule has 1 aromatic carbocycles. The first kappa shape index (κ1) is 20.1. The second-order valence-electron chi connectivity index (χ2n) is 8.20. The fourth-order valence-corrected chi connectivity index (χ4v) is 4.61. The molecule has 8 heteroatoms. The van der Waals surface area contributed by atoms with Crippen LogP contribution in [0.25, 0.3) is 0 Å². The predicted molar refractivity (Wildman–Crippen MR) is 113 cm³/mol. The number of nitrogens with zero attached hydrogens (tertiary/aromatic N) is 3. The van der Waals surface area contributed by atoms with Crippen molar-refractivity contribution < 1.29 is 14.3 Å². The highest BCUT2D eigenvalue weighted by Gasteiger charge is 2.48. The van der Waals surface area contributed by atoms with Gasteiger partial charge >= 0.3 is 0 Å². The van der Waals surface area contributed by atoms with E-state index < -0.39 is 5.91 Å². The number of fused-ring (bicyclic) bond motifs is 1. The Morgan fingerprint density at radius 2 is 2.03 bits per heavy atom. The number of rotatable bonds is 5. The maximum Gasteiger partial charge on any atom is 0.252 e.